The molecule has 66 valence electrons. The zero-order valence-corrected chi connectivity index (χ0v) is 7.16. The second-order valence-corrected chi connectivity index (χ2v) is 2.22. The zero-order valence-electron chi connectivity index (χ0n) is 7.16. The van der Waals surface area contributed by atoms with Gasteiger partial charge in [-0.25, -0.2) is 0 Å². The Bertz CT molecular complexity index is 127. The van der Waals surface area contributed by atoms with Crippen LogP contribution in [0.4, 0.5) is 0 Å². The number of esters is 1. The van der Waals surface area contributed by atoms with Crippen molar-refractivity contribution in [3.05, 3.63) is 0 Å². The number of hydrogen-bond acceptors (Lipinski definition) is 4. The fraction of sp³-hybridized carbons (Fsp3) is 0.857. The van der Waals surface area contributed by atoms with Gasteiger partial charge in [-0.15, -0.1) is 0 Å². The molecule has 2 N–H and O–H groups in total. The van der Waals surface area contributed by atoms with E-state index in [4.69, 9.17) is 10.5 Å². The summed E-state index contributed by atoms with van der Waals surface area (Å²) in [6, 6.07) is -0.681. The van der Waals surface area contributed by atoms with E-state index in [9.17, 15) is 4.79 Å². The van der Waals surface area contributed by atoms with Crippen LogP contribution < -0.4 is 5.73 Å². The molecule has 0 saturated carbocycles. The smallest absolute Gasteiger partial charge is 0.325 e. The summed E-state index contributed by atoms with van der Waals surface area (Å²) in [4.78, 5) is 10.9. The van der Waals surface area contributed by atoms with Crippen molar-refractivity contribution in [1.29, 1.82) is 0 Å². The van der Waals surface area contributed by atoms with Gasteiger partial charge < -0.3 is 15.2 Å². The molecule has 0 bridgehead atoms. The normalized spacial score (nSPS) is 15.6. The van der Waals surface area contributed by atoms with Crippen LogP contribution in [0.3, 0.4) is 0 Å². The number of nitrogens with two attached hydrogens (primary N) is 1. The molecule has 4 heteroatoms. The predicted molar refractivity (Wildman–Crippen MR) is 41.1 cm³/mol. The van der Waals surface area contributed by atoms with Crippen LogP contribution in [0.15, 0.2) is 0 Å². The van der Waals surface area contributed by atoms with Crippen molar-refractivity contribution in [3.8, 4) is 0 Å². The van der Waals surface area contributed by atoms with Crippen LogP contribution in [0.1, 0.15) is 13.8 Å². The average molecular weight is 161 g/mol. The van der Waals surface area contributed by atoms with Gasteiger partial charge in [-0.1, -0.05) is 0 Å². The highest BCUT2D eigenvalue weighted by atomic mass is 16.5. The lowest BCUT2D eigenvalue weighted by Gasteiger charge is -2.16. The lowest BCUT2D eigenvalue weighted by atomic mass is 10.2. The van der Waals surface area contributed by atoms with Gasteiger partial charge in [-0.05, 0) is 13.8 Å². The van der Waals surface area contributed by atoms with E-state index < -0.39 is 12.0 Å². The Morgan fingerprint density at radius 1 is 1.64 bits per heavy atom. The van der Waals surface area contributed by atoms with Crippen LogP contribution in [-0.2, 0) is 14.3 Å². The number of methoxy groups -OCH3 is 1. The molecule has 0 spiro atoms. The molecule has 0 saturated heterocycles. The quantitative estimate of drug-likeness (QED) is 0.585. The second kappa shape index (κ2) is 5.09. The SMILES string of the molecule is CCOC(=O)C(N)C(C)OC. The Kier molecular flexibility index (Phi) is 4.81. The standard InChI is InChI=1S/C7H15NO3/c1-4-11-7(9)6(8)5(2)10-3/h5-6H,4,8H2,1-3H3. The fourth-order valence-corrected chi connectivity index (χ4v) is 0.577. The molecule has 2 unspecified atom stereocenters. The van der Waals surface area contributed by atoms with Crippen molar-refractivity contribution < 1.29 is 14.3 Å². The van der Waals surface area contributed by atoms with Crippen LogP contribution in [-0.4, -0.2) is 31.8 Å². The fourth-order valence-electron chi connectivity index (χ4n) is 0.577. The number of carbonyl (C=O) groups excluding carboxylic acids is 1. The number of hydrogen-bond donors (Lipinski definition) is 1. The predicted octanol–water partition coefficient (Wildman–Crippen LogP) is -0.0883. The first kappa shape index (κ1) is 10.4. The Balaban J connectivity index is 3.80. The first-order chi connectivity index (χ1) is 5.13. The lowest BCUT2D eigenvalue weighted by molar-refractivity contribution is -0.147. The molecule has 0 aromatic heterocycles. The van der Waals surface area contributed by atoms with Crippen LogP contribution in [0.5, 0.6) is 0 Å². The summed E-state index contributed by atoms with van der Waals surface area (Å²) in [5.41, 5.74) is 5.46. The highest BCUT2D eigenvalue weighted by Gasteiger charge is 2.21. The summed E-state index contributed by atoms with van der Waals surface area (Å²) in [7, 11) is 1.50. The van der Waals surface area contributed by atoms with Gasteiger partial charge in [0.25, 0.3) is 0 Å². The first-order valence-corrected chi connectivity index (χ1v) is 3.58. The maximum absolute atomic E-state index is 10.9. The van der Waals surface area contributed by atoms with Crippen LogP contribution in [0.2, 0.25) is 0 Å². The largest absolute Gasteiger partial charge is 0.465 e. The van der Waals surface area contributed by atoms with Gasteiger partial charge in [0.1, 0.15) is 6.04 Å². The van der Waals surface area contributed by atoms with Crippen molar-refractivity contribution >= 4 is 5.97 Å². The van der Waals surface area contributed by atoms with Gasteiger partial charge in [-0.2, -0.15) is 0 Å². The number of ether oxygens (including phenoxy) is 2. The van der Waals surface area contributed by atoms with E-state index in [1.807, 2.05) is 0 Å². The molecule has 2 atom stereocenters. The van der Waals surface area contributed by atoms with Crippen molar-refractivity contribution in [2.75, 3.05) is 13.7 Å². The monoisotopic (exact) mass is 161 g/mol. The highest BCUT2D eigenvalue weighted by Crippen LogP contribution is 1.96. The van der Waals surface area contributed by atoms with Gasteiger partial charge in [0.15, 0.2) is 0 Å². The van der Waals surface area contributed by atoms with Crippen LogP contribution in [0, 0.1) is 0 Å². The first-order valence-electron chi connectivity index (χ1n) is 3.58. The highest BCUT2D eigenvalue weighted by molar-refractivity contribution is 5.76. The molecule has 0 aromatic carbocycles. The molecule has 0 amide bonds. The summed E-state index contributed by atoms with van der Waals surface area (Å²) in [6.07, 6.45) is -0.297. The molecule has 0 fully saturated rings. The third kappa shape index (κ3) is 3.34. The van der Waals surface area contributed by atoms with Gasteiger partial charge in [0.05, 0.1) is 12.7 Å². The molecule has 0 radical (unpaired) electrons. The van der Waals surface area contributed by atoms with E-state index >= 15 is 0 Å². The van der Waals surface area contributed by atoms with Crippen molar-refractivity contribution in [2.45, 2.75) is 26.0 Å². The van der Waals surface area contributed by atoms with Crippen molar-refractivity contribution in [3.63, 3.8) is 0 Å². The van der Waals surface area contributed by atoms with Crippen LogP contribution >= 0.6 is 0 Å². The molecule has 0 aromatic rings. The van der Waals surface area contributed by atoms with E-state index in [1.165, 1.54) is 7.11 Å². The molecule has 11 heavy (non-hydrogen) atoms. The van der Waals surface area contributed by atoms with Gasteiger partial charge in [0, 0.05) is 7.11 Å². The van der Waals surface area contributed by atoms with E-state index in [-0.39, 0.29) is 6.10 Å². The average Bonchev–Trinajstić information content (AvgIpc) is 2.02. The molecular weight excluding hydrogens is 146 g/mol. The minimum Gasteiger partial charge on any atom is -0.465 e. The maximum Gasteiger partial charge on any atom is 0.325 e. The van der Waals surface area contributed by atoms with E-state index in [2.05, 4.69) is 4.74 Å². The minimum atomic E-state index is -0.681. The summed E-state index contributed by atoms with van der Waals surface area (Å²) < 4.78 is 9.54. The molecule has 0 aliphatic carbocycles. The molecule has 4 nitrogen and oxygen atoms in total. The van der Waals surface area contributed by atoms with E-state index in [1.54, 1.807) is 13.8 Å². The lowest BCUT2D eigenvalue weighted by Crippen LogP contribution is -2.42. The second-order valence-electron chi connectivity index (χ2n) is 2.22. The van der Waals surface area contributed by atoms with Gasteiger partial charge in [0.2, 0.25) is 0 Å². The van der Waals surface area contributed by atoms with E-state index in [0.29, 0.717) is 6.61 Å². The summed E-state index contributed by atoms with van der Waals surface area (Å²) in [5.74, 6) is -0.415. The summed E-state index contributed by atoms with van der Waals surface area (Å²) >= 11 is 0. The number of rotatable bonds is 4. The van der Waals surface area contributed by atoms with E-state index in [0.717, 1.165) is 0 Å². The topological polar surface area (TPSA) is 61.5 Å². The Morgan fingerprint density at radius 2 is 2.18 bits per heavy atom. The third-order valence-corrected chi connectivity index (χ3v) is 1.44. The van der Waals surface area contributed by atoms with Crippen molar-refractivity contribution in [2.24, 2.45) is 5.73 Å². The molecule has 0 aliphatic heterocycles. The molecule has 0 aliphatic rings. The van der Waals surface area contributed by atoms with Gasteiger partial charge in [-0.3, -0.25) is 4.79 Å². The summed E-state index contributed by atoms with van der Waals surface area (Å²) in [5, 5.41) is 0. The van der Waals surface area contributed by atoms with Crippen LogP contribution in [0.25, 0.3) is 0 Å². The third-order valence-electron chi connectivity index (χ3n) is 1.44. The molecule has 0 heterocycles. The Morgan fingerprint density at radius 3 is 2.55 bits per heavy atom. The maximum atomic E-state index is 10.9. The Labute approximate surface area is 66.7 Å². The van der Waals surface area contributed by atoms with Crippen molar-refractivity contribution in [1.82, 2.24) is 0 Å². The molecular formula is C7H15NO3. The molecule has 0 rings (SSSR count). The number of carbonyl (C=O) groups is 1. The Hall–Kier alpha value is -0.610. The minimum absolute atomic E-state index is 0.297. The summed E-state index contributed by atoms with van der Waals surface area (Å²) in [6.45, 7) is 3.81. The van der Waals surface area contributed by atoms with Gasteiger partial charge >= 0.3 is 5.97 Å². The zero-order chi connectivity index (χ0) is 8.85.